The highest BCUT2D eigenvalue weighted by molar-refractivity contribution is 5.69. The van der Waals surface area contributed by atoms with Gasteiger partial charge in [0.2, 0.25) is 0 Å². The molecular weight excluding hydrogens is 268 g/mol. The van der Waals surface area contributed by atoms with E-state index in [1.807, 2.05) is 19.2 Å². The predicted octanol–water partition coefficient (Wildman–Crippen LogP) is 1.81. The van der Waals surface area contributed by atoms with Crippen molar-refractivity contribution in [2.75, 3.05) is 33.8 Å². The second kappa shape index (κ2) is 7.43. The average molecular weight is 292 g/mol. The molecular formula is C16H24N2O3. The van der Waals surface area contributed by atoms with Gasteiger partial charge in [-0.3, -0.25) is 14.6 Å². The SMILES string of the molecule is COc1ccc(CN(C)CC(=O)O)cc1CN1CCCC1. The number of ether oxygens (including phenoxy) is 1. The lowest BCUT2D eigenvalue weighted by molar-refractivity contribution is -0.138. The lowest BCUT2D eigenvalue weighted by Crippen LogP contribution is -2.25. The molecule has 2 rings (SSSR count). The third kappa shape index (κ3) is 4.72. The first kappa shape index (κ1) is 15.8. The van der Waals surface area contributed by atoms with Crippen molar-refractivity contribution in [3.05, 3.63) is 29.3 Å². The second-order valence-corrected chi connectivity index (χ2v) is 5.70. The fraction of sp³-hybridized carbons (Fsp3) is 0.562. The highest BCUT2D eigenvalue weighted by Gasteiger charge is 2.15. The Bertz CT molecular complexity index is 484. The van der Waals surface area contributed by atoms with Crippen LogP contribution >= 0.6 is 0 Å². The molecule has 116 valence electrons. The number of carboxylic acids is 1. The van der Waals surface area contributed by atoms with Crippen LogP contribution in [0.4, 0.5) is 0 Å². The number of benzene rings is 1. The molecule has 1 aliphatic rings. The lowest BCUT2D eigenvalue weighted by Gasteiger charge is -2.19. The minimum absolute atomic E-state index is 0.0491. The first-order valence-electron chi connectivity index (χ1n) is 7.37. The highest BCUT2D eigenvalue weighted by atomic mass is 16.5. The Morgan fingerprint density at radius 3 is 2.71 bits per heavy atom. The van der Waals surface area contributed by atoms with Crippen LogP contribution in [0.15, 0.2) is 18.2 Å². The second-order valence-electron chi connectivity index (χ2n) is 5.70. The van der Waals surface area contributed by atoms with E-state index >= 15 is 0 Å². The van der Waals surface area contributed by atoms with Crippen LogP contribution in [-0.4, -0.2) is 54.7 Å². The summed E-state index contributed by atoms with van der Waals surface area (Å²) in [5.74, 6) is 0.106. The van der Waals surface area contributed by atoms with E-state index in [0.717, 1.165) is 30.9 Å². The molecule has 0 radical (unpaired) electrons. The van der Waals surface area contributed by atoms with Crippen LogP contribution in [0, 0.1) is 0 Å². The summed E-state index contributed by atoms with van der Waals surface area (Å²) >= 11 is 0. The van der Waals surface area contributed by atoms with Gasteiger partial charge in [-0.25, -0.2) is 0 Å². The predicted molar refractivity (Wildman–Crippen MR) is 81.5 cm³/mol. The molecule has 0 saturated carbocycles. The molecule has 5 nitrogen and oxygen atoms in total. The number of carbonyl (C=O) groups is 1. The number of hydrogen-bond acceptors (Lipinski definition) is 4. The molecule has 0 amide bonds. The van der Waals surface area contributed by atoms with Crippen molar-refractivity contribution in [1.82, 2.24) is 9.80 Å². The zero-order valence-electron chi connectivity index (χ0n) is 12.8. The van der Waals surface area contributed by atoms with Gasteiger partial charge < -0.3 is 9.84 Å². The Hall–Kier alpha value is -1.59. The Labute approximate surface area is 126 Å². The van der Waals surface area contributed by atoms with Crippen molar-refractivity contribution in [2.45, 2.75) is 25.9 Å². The lowest BCUT2D eigenvalue weighted by atomic mass is 10.1. The summed E-state index contributed by atoms with van der Waals surface area (Å²) in [6.45, 7) is 3.87. The van der Waals surface area contributed by atoms with Gasteiger partial charge in [0, 0.05) is 18.7 Å². The minimum Gasteiger partial charge on any atom is -0.496 e. The van der Waals surface area contributed by atoms with E-state index in [4.69, 9.17) is 9.84 Å². The normalized spacial score (nSPS) is 15.6. The van der Waals surface area contributed by atoms with Crippen LogP contribution in [0.5, 0.6) is 5.75 Å². The van der Waals surface area contributed by atoms with E-state index in [1.165, 1.54) is 18.4 Å². The van der Waals surface area contributed by atoms with E-state index in [9.17, 15) is 4.79 Å². The smallest absolute Gasteiger partial charge is 0.317 e. The Kier molecular flexibility index (Phi) is 5.59. The third-order valence-electron chi connectivity index (χ3n) is 3.80. The topological polar surface area (TPSA) is 53.0 Å². The molecule has 1 saturated heterocycles. The van der Waals surface area contributed by atoms with E-state index in [1.54, 1.807) is 12.0 Å². The van der Waals surface area contributed by atoms with Crippen LogP contribution in [0.2, 0.25) is 0 Å². The maximum Gasteiger partial charge on any atom is 0.317 e. The van der Waals surface area contributed by atoms with Gasteiger partial charge in [-0.2, -0.15) is 0 Å². The largest absolute Gasteiger partial charge is 0.496 e. The summed E-state index contributed by atoms with van der Waals surface area (Å²) < 4.78 is 5.45. The molecule has 1 N–H and O–H groups in total. The van der Waals surface area contributed by atoms with Gasteiger partial charge in [0.25, 0.3) is 0 Å². The van der Waals surface area contributed by atoms with Crippen LogP contribution < -0.4 is 4.74 Å². The Morgan fingerprint density at radius 1 is 1.38 bits per heavy atom. The van der Waals surface area contributed by atoms with Crippen LogP contribution in [0.3, 0.4) is 0 Å². The highest BCUT2D eigenvalue weighted by Crippen LogP contribution is 2.24. The maximum absolute atomic E-state index is 10.7. The first-order chi connectivity index (χ1) is 10.1. The molecule has 0 unspecified atom stereocenters. The monoisotopic (exact) mass is 292 g/mol. The fourth-order valence-corrected chi connectivity index (χ4v) is 2.83. The van der Waals surface area contributed by atoms with Crippen molar-refractivity contribution < 1.29 is 14.6 Å². The third-order valence-corrected chi connectivity index (χ3v) is 3.80. The average Bonchev–Trinajstić information content (AvgIpc) is 2.91. The van der Waals surface area contributed by atoms with Gasteiger partial charge in [-0.15, -0.1) is 0 Å². The van der Waals surface area contributed by atoms with E-state index in [2.05, 4.69) is 11.0 Å². The molecule has 1 heterocycles. The fourth-order valence-electron chi connectivity index (χ4n) is 2.83. The number of nitrogens with zero attached hydrogens (tertiary/aromatic N) is 2. The van der Waals surface area contributed by atoms with Crippen molar-refractivity contribution in [1.29, 1.82) is 0 Å². The summed E-state index contributed by atoms with van der Waals surface area (Å²) in [5, 5.41) is 8.82. The van der Waals surface area contributed by atoms with Gasteiger partial charge in [0.05, 0.1) is 13.7 Å². The summed E-state index contributed by atoms with van der Waals surface area (Å²) in [5.41, 5.74) is 2.30. The molecule has 1 aromatic rings. The number of aliphatic carboxylic acids is 1. The molecule has 0 aromatic heterocycles. The van der Waals surface area contributed by atoms with Gasteiger partial charge in [0.15, 0.2) is 0 Å². The summed E-state index contributed by atoms with van der Waals surface area (Å²) in [4.78, 5) is 15.0. The Morgan fingerprint density at radius 2 is 2.10 bits per heavy atom. The zero-order valence-corrected chi connectivity index (χ0v) is 12.8. The molecule has 0 aliphatic carbocycles. The van der Waals surface area contributed by atoms with Crippen molar-refractivity contribution in [2.24, 2.45) is 0 Å². The molecule has 0 atom stereocenters. The number of methoxy groups -OCH3 is 1. The first-order valence-corrected chi connectivity index (χ1v) is 7.37. The van der Waals surface area contributed by atoms with Crippen molar-refractivity contribution >= 4 is 5.97 Å². The molecule has 5 heteroatoms. The molecule has 1 aliphatic heterocycles. The maximum atomic E-state index is 10.7. The van der Waals surface area contributed by atoms with Crippen LogP contribution in [0.1, 0.15) is 24.0 Å². The number of hydrogen-bond donors (Lipinski definition) is 1. The minimum atomic E-state index is -0.802. The molecule has 1 fully saturated rings. The Balaban J connectivity index is 2.06. The van der Waals surface area contributed by atoms with Gasteiger partial charge in [-0.05, 0) is 50.7 Å². The molecule has 0 spiro atoms. The number of carboxylic acid groups (broad SMARTS) is 1. The van der Waals surface area contributed by atoms with Gasteiger partial charge in [-0.1, -0.05) is 6.07 Å². The van der Waals surface area contributed by atoms with Gasteiger partial charge in [0.1, 0.15) is 5.75 Å². The van der Waals surface area contributed by atoms with E-state index in [0.29, 0.717) is 6.54 Å². The van der Waals surface area contributed by atoms with E-state index < -0.39 is 5.97 Å². The van der Waals surface area contributed by atoms with Gasteiger partial charge >= 0.3 is 5.97 Å². The number of likely N-dealkylation sites (tertiary alicyclic amines) is 1. The molecule has 21 heavy (non-hydrogen) atoms. The standard InChI is InChI=1S/C16H24N2O3/c1-17(12-16(19)20)10-13-5-6-15(21-2)14(9-13)11-18-7-3-4-8-18/h5-6,9H,3-4,7-8,10-12H2,1-2H3,(H,19,20). The van der Waals surface area contributed by atoms with Crippen LogP contribution in [0.25, 0.3) is 0 Å². The van der Waals surface area contributed by atoms with Crippen LogP contribution in [-0.2, 0) is 17.9 Å². The summed E-state index contributed by atoms with van der Waals surface area (Å²) in [6, 6.07) is 6.12. The van der Waals surface area contributed by atoms with E-state index in [-0.39, 0.29) is 6.54 Å². The molecule has 0 bridgehead atoms. The zero-order chi connectivity index (χ0) is 15.2. The number of likely N-dealkylation sites (N-methyl/N-ethyl adjacent to an activating group) is 1. The summed E-state index contributed by atoms with van der Waals surface area (Å²) in [6.07, 6.45) is 2.53. The summed E-state index contributed by atoms with van der Waals surface area (Å²) in [7, 11) is 3.51. The molecule has 1 aromatic carbocycles. The quantitative estimate of drug-likeness (QED) is 0.830. The van der Waals surface area contributed by atoms with Crippen molar-refractivity contribution in [3.63, 3.8) is 0 Å². The number of rotatable bonds is 7. The van der Waals surface area contributed by atoms with Crippen molar-refractivity contribution in [3.8, 4) is 5.75 Å².